The van der Waals surface area contributed by atoms with Gasteiger partial charge in [-0.25, -0.2) is 0 Å². The number of esters is 1. The second-order valence-electron chi connectivity index (χ2n) is 6.76. The van der Waals surface area contributed by atoms with E-state index in [4.69, 9.17) is 9.84 Å². The van der Waals surface area contributed by atoms with Gasteiger partial charge in [0.05, 0.1) is 0 Å². The maximum absolute atomic E-state index is 12.0. The van der Waals surface area contributed by atoms with E-state index in [0.717, 1.165) is 12.8 Å². The number of carboxylic acids is 1. The predicted octanol–water partition coefficient (Wildman–Crippen LogP) is 3.49. The first-order valence-electron chi connectivity index (χ1n) is 7.70. The van der Waals surface area contributed by atoms with Gasteiger partial charge in [-0.05, 0) is 36.5 Å². The highest BCUT2D eigenvalue weighted by Crippen LogP contribution is 2.35. The molecule has 4 nitrogen and oxygen atoms in total. The molecular weight excluding hydrogens is 256 g/mol. The van der Waals surface area contributed by atoms with E-state index in [2.05, 4.69) is 20.8 Å². The first kappa shape index (κ1) is 17.0. The van der Waals surface area contributed by atoms with Crippen LogP contribution in [0, 0.1) is 23.7 Å². The predicted molar refractivity (Wildman–Crippen MR) is 77.3 cm³/mol. The second kappa shape index (κ2) is 7.65. The number of hydrogen-bond donors (Lipinski definition) is 1. The van der Waals surface area contributed by atoms with E-state index in [1.54, 1.807) is 6.92 Å². The Bertz CT molecular complexity index is 337. The van der Waals surface area contributed by atoms with Crippen molar-refractivity contribution in [1.82, 2.24) is 0 Å². The van der Waals surface area contributed by atoms with E-state index in [1.807, 2.05) is 0 Å². The zero-order valence-electron chi connectivity index (χ0n) is 13.1. The van der Waals surface area contributed by atoms with E-state index in [1.165, 1.54) is 6.42 Å². The number of carbonyl (C=O) groups is 2. The van der Waals surface area contributed by atoms with E-state index in [-0.39, 0.29) is 30.8 Å². The van der Waals surface area contributed by atoms with Crippen molar-refractivity contribution in [2.24, 2.45) is 23.7 Å². The minimum absolute atomic E-state index is 0.00304. The summed E-state index contributed by atoms with van der Waals surface area (Å²) in [6.45, 7) is 8.33. The van der Waals surface area contributed by atoms with Crippen LogP contribution in [-0.2, 0) is 14.3 Å². The molecule has 0 aromatic rings. The monoisotopic (exact) mass is 284 g/mol. The van der Waals surface area contributed by atoms with Crippen molar-refractivity contribution >= 4 is 11.9 Å². The fourth-order valence-corrected chi connectivity index (χ4v) is 3.12. The zero-order valence-corrected chi connectivity index (χ0v) is 13.1. The summed E-state index contributed by atoms with van der Waals surface area (Å²) in [6, 6.07) is 0. The standard InChI is InChI=1S/C16H28O4/c1-10(2)13-6-5-11(3)7-14(13)20-16(19)9-12(4)8-15(17)18/h10-14H,5-9H2,1-4H3,(H,17,18). The molecule has 0 bridgehead atoms. The normalized spacial score (nSPS) is 28.1. The van der Waals surface area contributed by atoms with Gasteiger partial charge in [0, 0.05) is 12.8 Å². The van der Waals surface area contributed by atoms with E-state index in [9.17, 15) is 9.59 Å². The average Bonchev–Trinajstić information content (AvgIpc) is 2.26. The lowest BCUT2D eigenvalue weighted by Gasteiger charge is -2.36. The molecule has 0 radical (unpaired) electrons. The number of aliphatic carboxylic acids is 1. The molecule has 0 spiro atoms. The molecule has 0 aliphatic heterocycles. The Morgan fingerprint density at radius 1 is 1.20 bits per heavy atom. The largest absolute Gasteiger partial charge is 0.481 e. The first-order chi connectivity index (χ1) is 9.29. The number of carbonyl (C=O) groups excluding carboxylic acids is 1. The summed E-state index contributed by atoms with van der Waals surface area (Å²) in [7, 11) is 0. The third-order valence-corrected chi connectivity index (χ3v) is 4.28. The molecule has 0 heterocycles. The van der Waals surface area contributed by atoms with Crippen molar-refractivity contribution in [2.75, 3.05) is 0 Å². The molecular formula is C16H28O4. The van der Waals surface area contributed by atoms with Crippen LogP contribution in [0.25, 0.3) is 0 Å². The summed E-state index contributed by atoms with van der Waals surface area (Å²) >= 11 is 0. The summed E-state index contributed by atoms with van der Waals surface area (Å²) in [5.41, 5.74) is 0. The molecule has 1 fully saturated rings. The van der Waals surface area contributed by atoms with Crippen LogP contribution in [-0.4, -0.2) is 23.1 Å². The topological polar surface area (TPSA) is 63.6 Å². The Morgan fingerprint density at radius 2 is 1.85 bits per heavy atom. The van der Waals surface area contributed by atoms with Crippen LogP contribution < -0.4 is 0 Å². The average molecular weight is 284 g/mol. The summed E-state index contributed by atoms with van der Waals surface area (Å²) in [5, 5.41) is 8.72. The Balaban J connectivity index is 2.50. The second-order valence-corrected chi connectivity index (χ2v) is 6.76. The fourth-order valence-electron chi connectivity index (χ4n) is 3.12. The summed E-state index contributed by atoms with van der Waals surface area (Å²) in [6.07, 6.45) is 3.46. The lowest BCUT2D eigenvalue weighted by atomic mass is 9.75. The van der Waals surface area contributed by atoms with Crippen molar-refractivity contribution < 1.29 is 19.4 Å². The van der Waals surface area contributed by atoms with Crippen LogP contribution in [0.3, 0.4) is 0 Å². The van der Waals surface area contributed by atoms with Gasteiger partial charge in [-0.15, -0.1) is 0 Å². The molecule has 20 heavy (non-hydrogen) atoms. The number of carboxylic acid groups (broad SMARTS) is 1. The van der Waals surface area contributed by atoms with E-state index >= 15 is 0 Å². The van der Waals surface area contributed by atoms with E-state index in [0.29, 0.717) is 17.8 Å². The Kier molecular flexibility index (Phi) is 6.50. The van der Waals surface area contributed by atoms with Gasteiger partial charge >= 0.3 is 11.9 Å². The van der Waals surface area contributed by atoms with Crippen LogP contribution in [0.2, 0.25) is 0 Å². The maximum Gasteiger partial charge on any atom is 0.306 e. The van der Waals surface area contributed by atoms with E-state index < -0.39 is 5.97 Å². The maximum atomic E-state index is 12.0. The molecule has 0 saturated heterocycles. The highest BCUT2D eigenvalue weighted by molar-refractivity contribution is 5.72. The van der Waals surface area contributed by atoms with Gasteiger partial charge in [-0.3, -0.25) is 9.59 Å². The van der Waals surface area contributed by atoms with Gasteiger partial charge in [0.2, 0.25) is 0 Å². The van der Waals surface area contributed by atoms with Crippen molar-refractivity contribution in [3.8, 4) is 0 Å². The summed E-state index contributed by atoms with van der Waals surface area (Å²) in [4.78, 5) is 22.6. The highest BCUT2D eigenvalue weighted by atomic mass is 16.5. The molecule has 0 aromatic carbocycles. The molecule has 1 aliphatic rings. The molecule has 4 heteroatoms. The van der Waals surface area contributed by atoms with Crippen LogP contribution in [0.1, 0.15) is 59.8 Å². The molecule has 0 amide bonds. The van der Waals surface area contributed by atoms with Crippen LogP contribution in [0.5, 0.6) is 0 Å². The van der Waals surface area contributed by atoms with Gasteiger partial charge in [0.15, 0.2) is 0 Å². The van der Waals surface area contributed by atoms with Gasteiger partial charge in [0.25, 0.3) is 0 Å². The van der Waals surface area contributed by atoms with Crippen molar-refractivity contribution in [1.29, 1.82) is 0 Å². The molecule has 1 aliphatic carbocycles. The Morgan fingerprint density at radius 3 is 2.40 bits per heavy atom. The van der Waals surface area contributed by atoms with Crippen molar-refractivity contribution in [2.45, 2.75) is 65.9 Å². The summed E-state index contributed by atoms with van der Waals surface area (Å²) < 4.78 is 5.66. The molecule has 1 rings (SSSR count). The fraction of sp³-hybridized carbons (Fsp3) is 0.875. The summed E-state index contributed by atoms with van der Waals surface area (Å²) in [5.74, 6) is 0.263. The van der Waals surface area contributed by atoms with Crippen molar-refractivity contribution in [3.05, 3.63) is 0 Å². The Hall–Kier alpha value is -1.06. The smallest absolute Gasteiger partial charge is 0.306 e. The third kappa shape index (κ3) is 5.51. The zero-order chi connectivity index (χ0) is 15.3. The van der Waals surface area contributed by atoms with Crippen molar-refractivity contribution in [3.63, 3.8) is 0 Å². The highest BCUT2D eigenvalue weighted by Gasteiger charge is 2.33. The number of ether oxygens (including phenoxy) is 1. The molecule has 1 saturated carbocycles. The molecule has 1 N–H and O–H groups in total. The molecule has 116 valence electrons. The third-order valence-electron chi connectivity index (χ3n) is 4.28. The quantitative estimate of drug-likeness (QED) is 0.758. The SMILES string of the molecule is CC(CC(=O)O)CC(=O)OC1CC(C)CCC1C(C)C. The van der Waals surface area contributed by atoms with Gasteiger partial charge in [-0.2, -0.15) is 0 Å². The lowest BCUT2D eigenvalue weighted by molar-refractivity contribution is -0.157. The van der Waals surface area contributed by atoms with Crippen LogP contribution in [0.15, 0.2) is 0 Å². The van der Waals surface area contributed by atoms with Gasteiger partial charge in [0.1, 0.15) is 6.10 Å². The minimum Gasteiger partial charge on any atom is -0.481 e. The minimum atomic E-state index is -0.864. The lowest BCUT2D eigenvalue weighted by Crippen LogP contribution is -2.36. The van der Waals surface area contributed by atoms with Crippen LogP contribution >= 0.6 is 0 Å². The van der Waals surface area contributed by atoms with Crippen LogP contribution in [0.4, 0.5) is 0 Å². The molecule has 4 unspecified atom stereocenters. The van der Waals surface area contributed by atoms with Gasteiger partial charge in [-0.1, -0.05) is 34.1 Å². The molecule has 0 aromatic heterocycles. The number of rotatable bonds is 6. The molecule has 4 atom stereocenters. The number of hydrogen-bond acceptors (Lipinski definition) is 3. The first-order valence-corrected chi connectivity index (χ1v) is 7.70. The van der Waals surface area contributed by atoms with Gasteiger partial charge < -0.3 is 9.84 Å². The Labute approximate surface area is 121 Å².